The number of aliphatic hydroxyl groups excluding tert-OH is 1. The lowest BCUT2D eigenvalue weighted by Crippen LogP contribution is -2.32. The maximum atomic E-state index is 10.3. The highest BCUT2D eigenvalue weighted by molar-refractivity contribution is 5.55. The van der Waals surface area contributed by atoms with E-state index in [0.29, 0.717) is 29.5 Å². The molecule has 0 spiro atoms. The number of aliphatic hydroxyl groups is 1. The third-order valence-corrected chi connectivity index (χ3v) is 3.90. The summed E-state index contributed by atoms with van der Waals surface area (Å²) in [5, 5.41) is 10.3. The van der Waals surface area contributed by atoms with E-state index in [9.17, 15) is 5.11 Å². The van der Waals surface area contributed by atoms with Gasteiger partial charge in [-0.3, -0.25) is 4.90 Å². The van der Waals surface area contributed by atoms with Crippen LogP contribution in [0.4, 0.5) is 0 Å². The topological polar surface area (TPSA) is 60.4 Å². The highest BCUT2D eigenvalue weighted by atomic mass is 16.5. The lowest BCUT2D eigenvalue weighted by atomic mass is 10.2. The average molecular weight is 361 g/mol. The van der Waals surface area contributed by atoms with E-state index in [4.69, 9.17) is 18.9 Å². The molecule has 26 heavy (non-hydrogen) atoms. The summed E-state index contributed by atoms with van der Waals surface area (Å²) in [6, 6.07) is 13.6. The zero-order valence-electron chi connectivity index (χ0n) is 15.8. The molecule has 142 valence electrons. The van der Waals surface area contributed by atoms with Gasteiger partial charge >= 0.3 is 0 Å². The van der Waals surface area contributed by atoms with Crippen molar-refractivity contribution in [2.24, 2.45) is 0 Å². The number of nitrogens with zero attached hydrogens (tertiary/aromatic N) is 1. The molecule has 2 aromatic rings. The average Bonchev–Trinajstić information content (AvgIpc) is 2.66. The molecule has 0 radical (unpaired) electrons. The first kappa shape index (κ1) is 19.9. The summed E-state index contributed by atoms with van der Waals surface area (Å²) in [6.45, 7) is 1.43. The Balaban J connectivity index is 1.91. The van der Waals surface area contributed by atoms with Crippen molar-refractivity contribution in [1.29, 1.82) is 0 Å². The molecule has 0 aliphatic carbocycles. The smallest absolute Gasteiger partial charge is 0.203 e. The first-order valence-electron chi connectivity index (χ1n) is 8.40. The van der Waals surface area contributed by atoms with Crippen LogP contribution in [0.25, 0.3) is 0 Å². The van der Waals surface area contributed by atoms with E-state index >= 15 is 0 Å². The van der Waals surface area contributed by atoms with E-state index in [-0.39, 0.29) is 6.61 Å². The van der Waals surface area contributed by atoms with Crippen LogP contribution in [0.5, 0.6) is 23.0 Å². The summed E-state index contributed by atoms with van der Waals surface area (Å²) in [6.07, 6.45) is -0.622. The molecule has 0 heterocycles. The molecular weight excluding hydrogens is 334 g/mol. The molecule has 0 aliphatic heterocycles. The largest absolute Gasteiger partial charge is 0.493 e. The van der Waals surface area contributed by atoms with Crippen molar-refractivity contribution < 1.29 is 24.1 Å². The number of ether oxygens (including phenoxy) is 4. The Labute approximate surface area is 154 Å². The molecule has 0 saturated carbocycles. The maximum Gasteiger partial charge on any atom is 0.203 e. The predicted octanol–water partition coefficient (Wildman–Crippen LogP) is 2.58. The molecule has 2 aromatic carbocycles. The van der Waals surface area contributed by atoms with Crippen LogP contribution in [0.1, 0.15) is 5.56 Å². The fraction of sp³-hybridized carbons (Fsp3) is 0.400. The second kappa shape index (κ2) is 9.89. The Morgan fingerprint density at radius 3 is 2.12 bits per heavy atom. The normalized spacial score (nSPS) is 11.9. The molecule has 2 rings (SSSR count). The third-order valence-electron chi connectivity index (χ3n) is 3.90. The van der Waals surface area contributed by atoms with Crippen LogP contribution in [0, 0.1) is 0 Å². The molecule has 1 unspecified atom stereocenters. The van der Waals surface area contributed by atoms with E-state index in [0.717, 1.165) is 6.54 Å². The zero-order chi connectivity index (χ0) is 18.9. The fourth-order valence-electron chi connectivity index (χ4n) is 2.70. The number of hydrogen-bond donors (Lipinski definition) is 1. The first-order chi connectivity index (χ1) is 12.6. The van der Waals surface area contributed by atoms with Crippen molar-refractivity contribution >= 4 is 0 Å². The van der Waals surface area contributed by atoms with Crippen LogP contribution in [0.2, 0.25) is 0 Å². The van der Waals surface area contributed by atoms with Gasteiger partial charge in [-0.25, -0.2) is 0 Å². The summed E-state index contributed by atoms with van der Waals surface area (Å²) in [5.41, 5.74) is 1.20. The number of methoxy groups -OCH3 is 3. The monoisotopic (exact) mass is 361 g/mol. The molecule has 0 fully saturated rings. The molecule has 1 N–H and O–H groups in total. The van der Waals surface area contributed by atoms with Gasteiger partial charge in [-0.2, -0.15) is 0 Å². The minimum absolute atomic E-state index is 0.164. The molecule has 0 aromatic heterocycles. The zero-order valence-corrected chi connectivity index (χ0v) is 15.8. The van der Waals surface area contributed by atoms with Crippen LogP contribution < -0.4 is 18.9 Å². The standard InChI is InChI=1S/C20H27NO5/c1-21(12-15-8-6-5-7-9-15)13-16(22)14-26-17-10-18(23-2)20(25-4)19(11-17)24-3/h5-11,16,22H,12-14H2,1-4H3. The van der Waals surface area contributed by atoms with E-state index in [1.165, 1.54) is 5.56 Å². The predicted molar refractivity (Wildman–Crippen MR) is 100 cm³/mol. The van der Waals surface area contributed by atoms with Crippen LogP contribution in [0.15, 0.2) is 42.5 Å². The lowest BCUT2D eigenvalue weighted by Gasteiger charge is -2.21. The van der Waals surface area contributed by atoms with Crippen molar-refractivity contribution in [3.63, 3.8) is 0 Å². The Bertz CT molecular complexity index is 652. The Kier molecular flexibility index (Phi) is 7.56. The second-order valence-corrected chi connectivity index (χ2v) is 6.01. The van der Waals surface area contributed by atoms with Crippen molar-refractivity contribution in [2.75, 3.05) is 41.5 Å². The highest BCUT2D eigenvalue weighted by Crippen LogP contribution is 2.40. The van der Waals surface area contributed by atoms with Crippen molar-refractivity contribution in [2.45, 2.75) is 12.6 Å². The van der Waals surface area contributed by atoms with Gasteiger partial charge in [0, 0.05) is 25.2 Å². The van der Waals surface area contributed by atoms with Crippen LogP contribution in [-0.2, 0) is 6.54 Å². The summed E-state index contributed by atoms with van der Waals surface area (Å²) in [4.78, 5) is 2.05. The molecule has 0 amide bonds. The van der Waals surface area contributed by atoms with E-state index in [1.807, 2.05) is 25.2 Å². The van der Waals surface area contributed by atoms with Gasteiger partial charge in [0.1, 0.15) is 18.5 Å². The van der Waals surface area contributed by atoms with Gasteiger partial charge in [0.05, 0.1) is 21.3 Å². The van der Waals surface area contributed by atoms with Gasteiger partial charge in [0.2, 0.25) is 5.75 Å². The van der Waals surface area contributed by atoms with Gasteiger partial charge in [-0.15, -0.1) is 0 Å². The van der Waals surface area contributed by atoms with Crippen LogP contribution >= 0.6 is 0 Å². The number of rotatable bonds is 10. The summed E-state index contributed by atoms with van der Waals surface area (Å²) < 4.78 is 21.6. The van der Waals surface area contributed by atoms with Gasteiger partial charge in [0.25, 0.3) is 0 Å². The van der Waals surface area contributed by atoms with Crippen molar-refractivity contribution in [3.8, 4) is 23.0 Å². The summed E-state index contributed by atoms with van der Waals surface area (Å²) in [5.74, 6) is 2.07. The minimum atomic E-state index is -0.622. The van der Waals surface area contributed by atoms with Crippen molar-refractivity contribution in [3.05, 3.63) is 48.0 Å². The van der Waals surface area contributed by atoms with E-state index in [1.54, 1.807) is 33.5 Å². The first-order valence-corrected chi connectivity index (χ1v) is 8.40. The van der Waals surface area contributed by atoms with Gasteiger partial charge in [0.15, 0.2) is 11.5 Å². The van der Waals surface area contributed by atoms with E-state index in [2.05, 4.69) is 17.0 Å². The quantitative estimate of drug-likeness (QED) is 0.702. The number of benzene rings is 2. The maximum absolute atomic E-state index is 10.3. The number of likely N-dealkylation sites (N-methyl/N-ethyl adjacent to an activating group) is 1. The second-order valence-electron chi connectivity index (χ2n) is 6.01. The molecule has 0 bridgehead atoms. The van der Waals surface area contributed by atoms with Crippen LogP contribution in [-0.4, -0.2) is 57.6 Å². The molecule has 0 saturated heterocycles. The van der Waals surface area contributed by atoms with E-state index < -0.39 is 6.10 Å². The SMILES string of the molecule is COc1cc(OCC(O)CN(C)Cc2ccccc2)cc(OC)c1OC. The van der Waals surface area contributed by atoms with Crippen molar-refractivity contribution in [1.82, 2.24) is 4.90 Å². The van der Waals surface area contributed by atoms with Gasteiger partial charge < -0.3 is 24.1 Å². The van der Waals surface area contributed by atoms with Gasteiger partial charge in [-0.1, -0.05) is 30.3 Å². The summed E-state index contributed by atoms with van der Waals surface area (Å²) in [7, 11) is 6.62. The Hall–Kier alpha value is -2.44. The molecule has 0 aliphatic rings. The van der Waals surface area contributed by atoms with Crippen LogP contribution in [0.3, 0.4) is 0 Å². The van der Waals surface area contributed by atoms with Gasteiger partial charge in [-0.05, 0) is 12.6 Å². The minimum Gasteiger partial charge on any atom is -0.493 e. The molecular formula is C20H27NO5. The molecule has 1 atom stereocenters. The fourth-order valence-corrected chi connectivity index (χ4v) is 2.70. The third kappa shape index (κ3) is 5.54. The lowest BCUT2D eigenvalue weighted by molar-refractivity contribution is 0.0741. The highest BCUT2D eigenvalue weighted by Gasteiger charge is 2.15. The summed E-state index contributed by atoms with van der Waals surface area (Å²) >= 11 is 0. The number of hydrogen-bond acceptors (Lipinski definition) is 6. The molecule has 6 nitrogen and oxygen atoms in total. The Morgan fingerprint density at radius 2 is 1.58 bits per heavy atom. The molecule has 6 heteroatoms. The Morgan fingerprint density at radius 1 is 0.962 bits per heavy atom.